The van der Waals surface area contributed by atoms with E-state index in [4.69, 9.17) is 32.7 Å². The van der Waals surface area contributed by atoms with Gasteiger partial charge in [0.25, 0.3) is 5.91 Å². The van der Waals surface area contributed by atoms with E-state index in [9.17, 15) is 17.6 Å². The van der Waals surface area contributed by atoms with E-state index < -0.39 is 33.1 Å². The van der Waals surface area contributed by atoms with Gasteiger partial charge in [0, 0.05) is 31.0 Å². The highest BCUT2D eigenvalue weighted by Crippen LogP contribution is 2.34. The number of nitrogens with zero attached hydrogens (tertiary/aromatic N) is 1. The minimum Gasteiger partial charge on any atom is -0.347 e. The molecule has 11 heteroatoms. The first kappa shape index (κ1) is 22.4. The molecular weight excluding hydrogens is 470 g/mol. The maximum Gasteiger partial charge on any atom is 0.258 e. The van der Waals surface area contributed by atoms with Gasteiger partial charge in [-0.3, -0.25) is 4.79 Å². The predicted octanol–water partition coefficient (Wildman–Crippen LogP) is 3.91. The smallest absolute Gasteiger partial charge is 0.258 e. The summed E-state index contributed by atoms with van der Waals surface area (Å²) in [5.41, 5.74) is -0.190. The van der Waals surface area contributed by atoms with Crippen LogP contribution in [0.2, 0.25) is 10.0 Å². The third kappa shape index (κ3) is 4.57. The molecule has 0 radical (unpaired) electrons. The van der Waals surface area contributed by atoms with Crippen molar-refractivity contribution < 1.29 is 27.1 Å². The molecule has 0 saturated carbocycles. The monoisotopic (exact) mass is 488 g/mol. The standard InChI is InChI=1S/C20H19Cl2FN2O5S/c21-13-1-4-18(16(22)11-13)24-19(26)15-12-14(2-3-17(15)23)31(27,28)25-7-5-20(6-8-25)29-9-10-30-20/h1-4,11-12H,5-10H2,(H,24,26). The van der Waals surface area contributed by atoms with Gasteiger partial charge in [0.1, 0.15) is 5.82 Å². The molecule has 166 valence electrons. The molecule has 2 aromatic carbocycles. The molecule has 0 aliphatic carbocycles. The van der Waals surface area contributed by atoms with Gasteiger partial charge in [-0.05, 0) is 36.4 Å². The number of ether oxygens (including phenoxy) is 2. The van der Waals surface area contributed by atoms with Gasteiger partial charge in [0.15, 0.2) is 5.79 Å². The van der Waals surface area contributed by atoms with Crippen molar-refractivity contribution in [3.8, 4) is 0 Å². The summed E-state index contributed by atoms with van der Waals surface area (Å²) in [6.07, 6.45) is 0.797. The molecule has 2 heterocycles. The second kappa shape index (κ2) is 8.65. The minimum atomic E-state index is -3.94. The lowest BCUT2D eigenvalue weighted by Crippen LogP contribution is -2.47. The summed E-state index contributed by atoms with van der Waals surface area (Å²) >= 11 is 11.9. The van der Waals surface area contributed by atoms with E-state index in [1.165, 1.54) is 22.5 Å². The van der Waals surface area contributed by atoms with Gasteiger partial charge in [-0.15, -0.1) is 0 Å². The largest absolute Gasteiger partial charge is 0.347 e. The first-order valence-corrected chi connectivity index (χ1v) is 11.7. The van der Waals surface area contributed by atoms with E-state index >= 15 is 0 Å². The number of anilines is 1. The summed E-state index contributed by atoms with van der Waals surface area (Å²) < 4.78 is 53.1. The van der Waals surface area contributed by atoms with E-state index in [0.717, 1.165) is 18.2 Å². The Morgan fingerprint density at radius 2 is 1.74 bits per heavy atom. The van der Waals surface area contributed by atoms with Crippen LogP contribution in [0, 0.1) is 5.82 Å². The van der Waals surface area contributed by atoms with Crippen LogP contribution in [0.15, 0.2) is 41.3 Å². The maximum atomic E-state index is 14.4. The number of piperidine rings is 1. The highest BCUT2D eigenvalue weighted by Gasteiger charge is 2.42. The van der Waals surface area contributed by atoms with Gasteiger partial charge in [-0.25, -0.2) is 12.8 Å². The molecule has 31 heavy (non-hydrogen) atoms. The Hall–Kier alpha value is -1.75. The predicted molar refractivity (Wildman–Crippen MR) is 113 cm³/mol. The van der Waals surface area contributed by atoms with Crippen LogP contribution in [-0.4, -0.2) is 50.7 Å². The number of amides is 1. The molecule has 7 nitrogen and oxygen atoms in total. The SMILES string of the molecule is O=C(Nc1ccc(Cl)cc1Cl)c1cc(S(=O)(=O)N2CCC3(CC2)OCCO3)ccc1F. The Labute approximate surface area is 189 Å². The van der Waals surface area contributed by atoms with E-state index in [0.29, 0.717) is 31.1 Å². The topological polar surface area (TPSA) is 84.9 Å². The second-order valence-corrected chi connectivity index (χ2v) is 10.0. The Bertz CT molecular complexity index is 1110. The minimum absolute atomic E-state index is 0.170. The Balaban J connectivity index is 1.54. The maximum absolute atomic E-state index is 14.4. The number of sulfonamides is 1. The van der Waals surface area contributed by atoms with Gasteiger partial charge < -0.3 is 14.8 Å². The Morgan fingerprint density at radius 3 is 2.39 bits per heavy atom. The number of nitrogens with one attached hydrogen (secondary N) is 1. The fourth-order valence-corrected chi connectivity index (χ4v) is 5.55. The van der Waals surface area contributed by atoms with Gasteiger partial charge in [0.2, 0.25) is 10.0 Å². The molecule has 2 aliphatic heterocycles. The number of carbonyl (C=O) groups is 1. The number of halogens is 3. The zero-order chi connectivity index (χ0) is 22.2. The van der Waals surface area contributed by atoms with Crippen molar-refractivity contribution in [1.29, 1.82) is 0 Å². The first-order chi connectivity index (χ1) is 14.7. The third-order valence-corrected chi connectivity index (χ3v) is 7.74. The molecule has 2 saturated heterocycles. The summed E-state index contributed by atoms with van der Waals surface area (Å²) in [5, 5.41) is 3.02. The van der Waals surface area contributed by atoms with E-state index in [2.05, 4.69) is 5.32 Å². The summed E-state index contributed by atoms with van der Waals surface area (Å²) in [5.74, 6) is -2.41. The average molecular weight is 489 g/mol. The van der Waals surface area contributed by atoms with Gasteiger partial charge in [-0.1, -0.05) is 23.2 Å². The van der Waals surface area contributed by atoms with E-state index in [-0.39, 0.29) is 28.7 Å². The van der Waals surface area contributed by atoms with Crippen molar-refractivity contribution in [1.82, 2.24) is 4.31 Å². The number of benzene rings is 2. The molecule has 1 spiro atoms. The van der Waals surface area contributed by atoms with Crippen molar-refractivity contribution in [2.24, 2.45) is 0 Å². The van der Waals surface area contributed by atoms with Crippen molar-refractivity contribution >= 4 is 44.8 Å². The normalized spacial score (nSPS) is 18.9. The number of hydrogen-bond acceptors (Lipinski definition) is 5. The van der Waals surface area contributed by atoms with Crippen LogP contribution in [0.1, 0.15) is 23.2 Å². The lowest BCUT2D eigenvalue weighted by atomic mass is 10.1. The fraction of sp³-hybridized carbons (Fsp3) is 0.350. The lowest BCUT2D eigenvalue weighted by Gasteiger charge is -2.36. The third-order valence-electron chi connectivity index (χ3n) is 5.30. The van der Waals surface area contributed by atoms with Crippen molar-refractivity contribution in [2.45, 2.75) is 23.5 Å². The van der Waals surface area contributed by atoms with Gasteiger partial charge >= 0.3 is 0 Å². The van der Waals surface area contributed by atoms with E-state index in [1.807, 2.05) is 0 Å². The fourth-order valence-electron chi connectivity index (χ4n) is 3.62. The van der Waals surface area contributed by atoms with Crippen LogP contribution < -0.4 is 5.32 Å². The molecule has 1 amide bonds. The highest BCUT2D eigenvalue weighted by atomic mass is 35.5. The number of hydrogen-bond donors (Lipinski definition) is 1. The molecule has 2 fully saturated rings. The number of rotatable bonds is 4. The zero-order valence-corrected chi connectivity index (χ0v) is 18.6. The molecular formula is C20H19Cl2FN2O5S. The molecule has 0 aromatic heterocycles. The zero-order valence-electron chi connectivity index (χ0n) is 16.2. The molecule has 2 aliphatic rings. The molecule has 4 rings (SSSR count). The molecule has 2 aromatic rings. The highest BCUT2D eigenvalue weighted by molar-refractivity contribution is 7.89. The van der Waals surface area contributed by atoms with Gasteiger partial charge in [0.05, 0.1) is 34.4 Å². The van der Waals surface area contributed by atoms with Gasteiger partial charge in [-0.2, -0.15) is 4.31 Å². The van der Waals surface area contributed by atoms with Crippen LogP contribution in [0.5, 0.6) is 0 Å². The summed E-state index contributed by atoms with van der Waals surface area (Å²) in [4.78, 5) is 12.4. The Kier molecular flexibility index (Phi) is 6.26. The van der Waals surface area contributed by atoms with Crippen LogP contribution in [0.3, 0.4) is 0 Å². The average Bonchev–Trinajstić information content (AvgIpc) is 3.18. The summed E-state index contributed by atoms with van der Waals surface area (Å²) in [6.45, 7) is 1.37. The van der Waals surface area contributed by atoms with Crippen molar-refractivity contribution in [2.75, 3.05) is 31.6 Å². The van der Waals surface area contributed by atoms with Crippen LogP contribution in [-0.2, 0) is 19.5 Å². The summed E-state index contributed by atoms with van der Waals surface area (Å²) in [7, 11) is -3.94. The summed E-state index contributed by atoms with van der Waals surface area (Å²) in [6, 6.07) is 7.54. The Morgan fingerprint density at radius 1 is 1.06 bits per heavy atom. The van der Waals surface area contributed by atoms with E-state index in [1.54, 1.807) is 0 Å². The quantitative estimate of drug-likeness (QED) is 0.704. The van der Waals surface area contributed by atoms with Crippen molar-refractivity contribution in [3.05, 3.63) is 57.8 Å². The molecule has 0 bridgehead atoms. The second-order valence-electron chi connectivity index (χ2n) is 7.23. The molecule has 0 unspecified atom stereocenters. The van der Waals surface area contributed by atoms with Crippen LogP contribution in [0.25, 0.3) is 0 Å². The van der Waals surface area contributed by atoms with Crippen molar-refractivity contribution in [3.63, 3.8) is 0 Å². The van der Waals surface area contributed by atoms with Crippen LogP contribution >= 0.6 is 23.2 Å². The molecule has 1 N–H and O–H groups in total. The lowest BCUT2D eigenvalue weighted by molar-refractivity contribution is -0.179. The molecule has 0 atom stereocenters. The first-order valence-electron chi connectivity index (χ1n) is 9.54. The number of carbonyl (C=O) groups excluding carboxylic acids is 1. The van der Waals surface area contributed by atoms with Crippen LogP contribution in [0.4, 0.5) is 10.1 Å².